The Balaban J connectivity index is 1.05. The van der Waals surface area contributed by atoms with Crippen LogP contribution >= 0.6 is 11.3 Å². The molecular weight excluding hydrogens is 735 g/mol. The van der Waals surface area contributed by atoms with Gasteiger partial charge in [-0.25, -0.2) is 0 Å². The van der Waals surface area contributed by atoms with Gasteiger partial charge in [0.05, 0.1) is 0 Å². The number of hydrogen-bond acceptors (Lipinski definition) is 3. The van der Waals surface area contributed by atoms with Crippen LogP contribution in [0.2, 0.25) is 0 Å². The molecule has 2 heterocycles. The molecule has 10 aromatic rings. The average Bonchev–Trinajstić information content (AvgIpc) is 3.83. The minimum absolute atomic E-state index is 0.120. The Labute approximate surface area is 351 Å². The van der Waals surface area contributed by atoms with Crippen molar-refractivity contribution in [3.63, 3.8) is 0 Å². The number of thiophene rings is 1. The van der Waals surface area contributed by atoms with Crippen LogP contribution in [0.1, 0.15) is 52.7 Å². The van der Waals surface area contributed by atoms with Crippen LogP contribution in [0.15, 0.2) is 180 Å². The van der Waals surface area contributed by atoms with E-state index in [1.165, 1.54) is 64.7 Å². The van der Waals surface area contributed by atoms with Crippen LogP contribution in [-0.4, -0.2) is 0 Å². The lowest BCUT2D eigenvalue weighted by Gasteiger charge is -2.26. The molecule has 0 saturated heterocycles. The van der Waals surface area contributed by atoms with Gasteiger partial charge < -0.3 is 9.32 Å². The van der Waals surface area contributed by atoms with E-state index in [4.69, 9.17) is 4.42 Å². The molecule has 8 aromatic carbocycles. The van der Waals surface area contributed by atoms with Crippen LogP contribution in [0.3, 0.4) is 0 Å². The summed E-state index contributed by atoms with van der Waals surface area (Å²) in [5.74, 6) is 0. The van der Waals surface area contributed by atoms with Crippen LogP contribution in [0.4, 0.5) is 17.1 Å². The molecule has 0 unspecified atom stereocenters. The summed E-state index contributed by atoms with van der Waals surface area (Å²) >= 11 is 1.83. The molecule has 288 valence electrons. The van der Waals surface area contributed by atoms with E-state index in [1.54, 1.807) is 0 Å². The highest BCUT2D eigenvalue weighted by molar-refractivity contribution is 7.26. The van der Waals surface area contributed by atoms with Gasteiger partial charge in [-0.3, -0.25) is 0 Å². The summed E-state index contributed by atoms with van der Waals surface area (Å²) in [6.45, 7) is 13.6. The van der Waals surface area contributed by atoms with Gasteiger partial charge in [0.25, 0.3) is 0 Å². The van der Waals surface area contributed by atoms with Gasteiger partial charge in [-0.1, -0.05) is 157 Å². The number of nitrogens with zero attached hydrogens (tertiary/aromatic N) is 1. The SMILES string of the molecule is CC(C)(C)c1ccc(-c2ccc(N(c3ccc(-c4ccc(C(C)(C)C)cc4)cc3)c3ccc(-c4cccc5sc6ccc7c8ccccc8oc7c6c45)cc3)cc2)cc1. The van der Waals surface area contributed by atoms with Crippen LogP contribution in [-0.2, 0) is 10.8 Å². The minimum Gasteiger partial charge on any atom is -0.455 e. The second-order valence-electron chi connectivity index (χ2n) is 17.8. The van der Waals surface area contributed by atoms with E-state index in [9.17, 15) is 0 Å². The Kier molecular flexibility index (Phi) is 8.85. The first kappa shape index (κ1) is 36.9. The number of para-hydroxylation sites is 1. The molecular formula is C56H47NOS. The molecule has 3 heteroatoms. The monoisotopic (exact) mass is 781 g/mol. The van der Waals surface area contributed by atoms with Crippen molar-refractivity contribution in [2.45, 2.75) is 52.4 Å². The van der Waals surface area contributed by atoms with Gasteiger partial charge in [0.1, 0.15) is 11.2 Å². The smallest absolute Gasteiger partial charge is 0.144 e. The van der Waals surface area contributed by atoms with Crippen LogP contribution in [0, 0.1) is 0 Å². The second kappa shape index (κ2) is 14.1. The third kappa shape index (κ3) is 6.70. The van der Waals surface area contributed by atoms with Crippen molar-refractivity contribution < 1.29 is 4.42 Å². The Morgan fingerprint density at radius 1 is 0.390 bits per heavy atom. The first-order valence-corrected chi connectivity index (χ1v) is 21.4. The summed E-state index contributed by atoms with van der Waals surface area (Å²) in [4.78, 5) is 2.36. The van der Waals surface area contributed by atoms with Crippen LogP contribution in [0.5, 0.6) is 0 Å². The lowest BCUT2D eigenvalue weighted by molar-refractivity contribution is 0.590. The number of furan rings is 1. The molecule has 0 fully saturated rings. The highest BCUT2D eigenvalue weighted by Gasteiger charge is 2.20. The zero-order valence-corrected chi connectivity index (χ0v) is 35.3. The Hall–Kier alpha value is -6.42. The van der Waals surface area contributed by atoms with E-state index in [0.717, 1.165) is 39.0 Å². The fraction of sp³-hybridized carbons (Fsp3) is 0.143. The van der Waals surface area contributed by atoms with Gasteiger partial charge in [-0.15, -0.1) is 11.3 Å². The Bertz CT molecular complexity index is 3020. The molecule has 0 bridgehead atoms. The van der Waals surface area contributed by atoms with E-state index in [2.05, 4.69) is 216 Å². The van der Waals surface area contributed by atoms with Gasteiger partial charge in [-0.05, 0) is 116 Å². The predicted molar refractivity (Wildman–Crippen MR) is 255 cm³/mol. The maximum atomic E-state index is 6.58. The van der Waals surface area contributed by atoms with Crippen molar-refractivity contribution in [1.29, 1.82) is 0 Å². The lowest BCUT2D eigenvalue weighted by Crippen LogP contribution is -2.10. The molecule has 2 nitrogen and oxygen atoms in total. The Morgan fingerprint density at radius 2 is 0.847 bits per heavy atom. The number of anilines is 3. The molecule has 0 aliphatic rings. The normalized spacial score (nSPS) is 12.2. The van der Waals surface area contributed by atoms with Crippen molar-refractivity contribution in [2.75, 3.05) is 4.90 Å². The van der Waals surface area contributed by atoms with Gasteiger partial charge in [0, 0.05) is 48.0 Å². The van der Waals surface area contributed by atoms with Crippen LogP contribution < -0.4 is 4.90 Å². The van der Waals surface area contributed by atoms with Crippen molar-refractivity contribution in [2.24, 2.45) is 0 Å². The van der Waals surface area contributed by atoms with Gasteiger partial charge >= 0.3 is 0 Å². The molecule has 0 saturated carbocycles. The van der Waals surface area contributed by atoms with Gasteiger partial charge in [0.2, 0.25) is 0 Å². The standard InChI is InChI=1S/C56H47NOS/c1-55(2,3)41-24-14-36(15-25-41)38-18-28-43(29-19-38)57(44-30-20-39(21-31-44)37-16-26-42(27-17-37)56(4,5)6)45-32-22-40(23-33-45)46-11-9-13-50-52(46)53-51(59-50)35-34-48-47-10-7-8-12-49(47)58-54(48)53/h7-35H,1-6H3. The highest BCUT2D eigenvalue weighted by Crippen LogP contribution is 2.46. The van der Waals surface area contributed by atoms with E-state index >= 15 is 0 Å². The largest absolute Gasteiger partial charge is 0.455 e. The number of benzene rings is 8. The zero-order valence-electron chi connectivity index (χ0n) is 34.5. The summed E-state index contributed by atoms with van der Waals surface area (Å²) in [5.41, 5.74) is 15.3. The van der Waals surface area contributed by atoms with E-state index in [1.807, 2.05) is 17.4 Å². The molecule has 0 N–H and O–H groups in total. The fourth-order valence-corrected chi connectivity index (χ4v) is 9.62. The summed E-state index contributed by atoms with van der Waals surface area (Å²) in [6, 6.07) is 64.5. The molecule has 0 radical (unpaired) electrons. The first-order valence-electron chi connectivity index (χ1n) is 20.6. The van der Waals surface area contributed by atoms with Crippen LogP contribution in [0.25, 0.3) is 75.5 Å². The van der Waals surface area contributed by atoms with Crippen molar-refractivity contribution in [3.05, 3.63) is 187 Å². The molecule has 0 spiro atoms. The quantitative estimate of drug-likeness (QED) is 0.167. The summed E-state index contributed by atoms with van der Waals surface area (Å²) in [7, 11) is 0. The van der Waals surface area contributed by atoms with E-state index in [-0.39, 0.29) is 10.8 Å². The van der Waals surface area contributed by atoms with Crippen molar-refractivity contribution in [1.82, 2.24) is 0 Å². The number of rotatable bonds is 6. The minimum atomic E-state index is 0.120. The number of hydrogen-bond donors (Lipinski definition) is 0. The fourth-order valence-electron chi connectivity index (χ4n) is 8.49. The van der Waals surface area contributed by atoms with Gasteiger partial charge in [0.15, 0.2) is 0 Å². The highest BCUT2D eigenvalue weighted by atomic mass is 32.1. The molecule has 59 heavy (non-hydrogen) atoms. The second-order valence-corrected chi connectivity index (χ2v) is 18.9. The molecule has 0 atom stereocenters. The third-order valence-electron chi connectivity index (χ3n) is 11.9. The molecule has 10 rings (SSSR count). The maximum absolute atomic E-state index is 6.58. The Morgan fingerprint density at radius 3 is 1.36 bits per heavy atom. The maximum Gasteiger partial charge on any atom is 0.144 e. The third-order valence-corrected chi connectivity index (χ3v) is 13.0. The topological polar surface area (TPSA) is 16.4 Å². The van der Waals surface area contributed by atoms with Gasteiger partial charge in [-0.2, -0.15) is 0 Å². The average molecular weight is 782 g/mol. The van der Waals surface area contributed by atoms with Crippen molar-refractivity contribution in [3.8, 4) is 33.4 Å². The first-order chi connectivity index (χ1) is 28.5. The van der Waals surface area contributed by atoms with E-state index < -0.39 is 0 Å². The predicted octanol–water partition coefficient (Wildman–Crippen LogP) is 17.0. The molecule has 0 aliphatic heterocycles. The van der Waals surface area contributed by atoms with E-state index in [0.29, 0.717) is 0 Å². The summed E-state index contributed by atoms with van der Waals surface area (Å²) in [5, 5.41) is 4.76. The molecule has 0 amide bonds. The molecule has 0 aliphatic carbocycles. The summed E-state index contributed by atoms with van der Waals surface area (Å²) in [6.07, 6.45) is 0. The summed E-state index contributed by atoms with van der Waals surface area (Å²) < 4.78 is 9.08. The molecule has 2 aromatic heterocycles. The number of fused-ring (bicyclic) bond motifs is 7. The zero-order chi connectivity index (χ0) is 40.5. The van der Waals surface area contributed by atoms with Crippen molar-refractivity contribution >= 4 is 70.5 Å². The lowest BCUT2D eigenvalue weighted by atomic mass is 9.86.